The number of nitrogens with two attached hydrogens (primary N) is 2. The van der Waals surface area contributed by atoms with E-state index in [0.717, 1.165) is 21.8 Å². The highest BCUT2D eigenvalue weighted by Crippen LogP contribution is 2.29. The van der Waals surface area contributed by atoms with E-state index in [2.05, 4.69) is 9.98 Å². The molecule has 0 spiro atoms. The molecule has 0 aliphatic rings. The molecule has 0 saturated carbocycles. The zero-order valence-electron chi connectivity index (χ0n) is 13.8. The van der Waals surface area contributed by atoms with Crippen LogP contribution in [0.3, 0.4) is 0 Å². The van der Waals surface area contributed by atoms with Gasteiger partial charge in [-0.2, -0.15) is 0 Å². The number of aromatic nitrogens is 1. The number of benzene rings is 3. The number of carbonyl (C=O) groups is 1. The quantitative estimate of drug-likeness (QED) is 0.229. The summed E-state index contributed by atoms with van der Waals surface area (Å²) in [6, 6.07) is 20.1. The van der Waals surface area contributed by atoms with E-state index in [1.165, 1.54) is 0 Å². The number of esters is 1. The number of fused-ring (bicyclic) bond motifs is 3. The van der Waals surface area contributed by atoms with E-state index in [-0.39, 0.29) is 5.96 Å². The average Bonchev–Trinajstić information content (AvgIpc) is 3.00. The van der Waals surface area contributed by atoms with Gasteiger partial charge in [0.2, 0.25) is 0 Å². The molecular weight excluding hydrogens is 328 g/mol. The smallest absolute Gasteiger partial charge is 0.343 e. The molecule has 0 atom stereocenters. The second kappa shape index (κ2) is 6.25. The summed E-state index contributed by atoms with van der Waals surface area (Å²) in [7, 11) is 0. The van der Waals surface area contributed by atoms with Crippen LogP contribution in [-0.4, -0.2) is 16.9 Å². The van der Waals surface area contributed by atoms with E-state index in [0.29, 0.717) is 17.0 Å². The lowest BCUT2D eigenvalue weighted by Gasteiger charge is -2.05. The average molecular weight is 344 g/mol. The van der Waals surface area contributed by atoms with Crippen molar-refractivity contribution in [3.63, 3.8) is 0 Å². The number of aliphatic imine (C=N–C) groups is 1. The van der Waals surface area contributed by atoms with Gasteiger partial charge in [-0.1, -0.05) is 18.2 Å². The molecule has 6 heteroatoms. The minimum Gasteiger partial charge on any atom is -0.423 e. The Labute approximate surface area is 149 Å². The van der Waals surface area contributed by atoms with Crippen molar-refractivity contribution in [3.8, 4) is 5.75 Å². The van der Waals surface area contributed by atoms with E-state index in [9.17, 15) is 4.79 Å². The highest BCUT2D eigenvalue weighted by atomic mass is 16.5. The van der Waals surface area contributed by atoms with E-state index in [4.69, 9.17) is 16.2 Å². The van der Waals surface area contributed by atoms with Crippen molar-refractivity contribution in [1.82, 2.24) is 4.98 Å². The Morgan fingerprint density at radius 1 is 0.885 bits per heavy atom. The van der Waals surface area contributed by atoms with Crippen LogP contribution in [0.5, 0.6) is 5.75 Å². The first-order valence-corrected chi connectivity index (χ1v) is 8.02. The summed E-state index contributed by atoms with van der Waals surface area (Å²) in [6.45, 7) is 0. The molecule has 0 bridgehead atoms. The van der Waals surface area contributed by atoms with Crippen LogP contribution in [0.1, 0.15) is 10.4 Å². The second-order valence-electron chi connectivity index (χ2n) is 5.85. The number of hydrogen-bond donors (Lipinski definition) is 3. The molecule has 0 fully saturated rings. The van der Waals surface area contributed by atoms with Crippen molar-refractivity contribution in [2.45, 2.75) is 0 Å². The summed E-state index contributed by atoms with van der Waals surface area (Å²) >= 11 is 0. The van der Waals surface area contributed by atoms with Crippen molar-refractivity contribution in [1.29, 1.82) is 0 Å². The number of hydrogen-bond acceptors (Lipinski definition) is 3. The van der Waals surface area contributed by atoms with E-state index >= 15 is 0 Å². The molecule has 3 aromatic carbocycles. The number of guanidine groups is 1. The standard InChI is InChI=1S/C20H16N4O2/c21-20(22)23-13-7-5-12(6-8-13)19(25)26-14-9-10-18-16(11-14)15-3-1-2-4-17(15)24-18/h1-11,24H,(H4,21,22,23). The van der Waals surface area contributed by atoms with Gasteiger partial charge in [-0.05, 0) is 48.5 Å². The fourth-order valence-corrected chi connectivity index (χ4v) is 2.88. The molecule has 0 saturated heterocycles. The van der Waals surface area contributed by atoms with Crippen molar-refractivity contribution in [3.05, 3.63) is 72.3 Å². The van der Waals surface area contributed by atoms with Crippen LogP contribution in [0.15, 0.2) is 71.7 Å². The topological polar surface area (TPSA) is 106 Å². The van der Waals surface area contributed by atoms with Gasteiger partial charge in [0.15, 0.2) is 5.96 Å². The van der Waals surface area contributed by atoms with Gasteiger partial charge in [0, 0.05) is 21.8 Å². The van der Waals surface area contributed by atoms with E-state index < -0.39 is 5.97 Å². The second-order valence-corrected chi connectivity index (χ2v) is 5.85. The Morgan fingerprint density at radius 3 is 2.38 bits per heavy atom. The number of nitrogens with one attached hydrogen (secondary N) is 1. The maximum atomic E-state index is 12.4. The molecule has 0 amide bonds. The van der Waals surface area contributed by atoms with Gasteiger partial charge in [-0.3, -0.25) is 0 Å². The number of ether oxygens (including phenoxy) is 1. The summed E-state index contributed by atoms with van der Waals surface area (Å²) in [5.74, 6) is 0.00773. The molecule has 1 aromatic heterocycles. The van der Waals surface area contributed by atoms with Crippen LogP contribution in [0.2, 0.25) is 0 Å². The van der Waals surface area contributed by atoms with Crippen LogP contribution in [-0.2, 0) is 0 Å². The van der Waals surface area contributed by atoms with Crippen molar-refractivity contribution in [2.75, 3.05) is 0 Å². The molecule has 26 heavy (non-hydrogen) atoms. The van der Waals surface area contributed by atoms with E-state index in [1.54, 1.807) is 30.3 Å². The fraction of sp³-hybridized carbons (Fsp3) is 0. The largest absolute Gasteiger partial charge is 0.423 e. The highest BCUT2D eigenvalue weighted by Gasteiger charge is 2.11. The van der Waals surface area contributed by atoms with Gasteiger partial charge in [0.1, 0.15) is 5.75 Å². The van der Waals surface area contributed by atoms with Gasteiger partial charge >= 0.3 is 5.97 Å². The summed E-state index contributed by atoms with van der Waals surface area (Å²) in [5, 5.41) is 2.09. The Hall–Kier alpha value is -3.80. The third kappa shape index (κ3) is 2.95. The Bertz CT molecular complexity index is 1140. The summed E-state index contributed by atoms with van der Waals surface area (Å²) in [5.41, 5.74) is 13.7. The zero-order valence-corrected chi connectivity index (χ0v) is 13.8. The van der Waals surface area contributed by atoms with Gasteiger partial charge in [-0.25, -0.2) is 9.79 Å². The van der Waals surface area contributed by atoms with Crippen LogP contribution >= 0.6 is 0 Å². The summed E-state index contributed by atoms with van der Waals surface area (Å²) < 4.78 is 5.51. The summed E-state index contributed by atoms with van der Waals surface area (Å²) in [6.07, 6.45) is 0. The molecule has 0 aliphatic carbocycles. The lowest BCUT2D eigenvalue weighted by Crippen LogP contribution is -2.21. The Balaban J connectivity index is 1.61. The number of para-hydroxylation sites is 1. The van der Waals surface area contributed by atoms with Crippen molar-refractivity contribution >= 4 is 39.4 Å². The molecule has 4 rings (SSSR count). The number of nitrogens with zero attached hydrogens (tertiary/aromatic N) is 1. The lowest BCUT2D eigenvalue weighted by molar-refractivity contribution is 0.0735. The maximum absolute atomic E-state index is 12.4. The molecule has 128 valence electrons. The minimum atomic E-state index is -0.444. The highest BCUT2D eigenvalue weighted by molar-refractivity contribution is 6.07. The first-order valence-electron chi connectivity index (χ1n) is 8.02. The molecular formula is C20H16N4O2. The monoisotopic (exact) mass is 344 g/mol. The molecule has 0 aliphatic heterocycles. The molecule has 5 N–H and O–H groups in total. The number of rotatable bonds is 3. The van der Waals surface area contributed by atoms with E-state index in [1.807, 2.05) is 36.4 Å². The summed E-state index contributed by atoms with van der Waals surface area (Å²) in [4.78, 5) is 19.6. The normalized spacial score (nSPS) is 10.8. The van der Waals surface area contributed by atoms with Crippen LogP contribution < -0.4 is 16.2 Å². The van der Waals surface area contributed by atoms with Crippen LogP contribution in [0, 0.1) is 0 Å². The maximum Gasteiger partial charge on any atom is 0.343 e. The Kier molecular flexibility index (Phi) is 3.78. The molecule has 0 radical (unpaired) electrons. The van der Waals surface area contributed by atoms with Crippen LogP contribution in [0.4, 0.5) is 5.69 Å². The third-order valence-electron chi connectivity index (χ3n) is 4.05. The molecule has 6 nitrogen and oxygen atoms in total. The fourth-order valence-electron chi connectivity index (χ4n) is 2.88. The van der Waals surface area contributed by atoms with Gasteiger partial charge in [-0.15, -0.1) is 0 Å². The third-order valence-corrected chi connectivity index (χ3v) is 4.05. The van der Waals surface area contributed by atoms with Gasteiger partial charge in [0.25, 0.3) is 0 Å². The van der Waals surface area contributed by atoms with Gasteiger partial charge < -0.3 is 21.2 Å². The predicted molar refractivity (Wildman–Crippen MR) is 103 cm³/mol. The number of H-pyrrole nitrogens is 1. The first-order chi connectivity index (χ1) is 12.6. The number of aromatic amines is 1. The minimum absolute atomic E-state index is 0.0349. The lowest BCUT2D eigenvalue weighted by atomic mass is 10.1. The predicted octanol–water partition coefficient (Wildman–Crippen LogP) is 3.45. The van der Waals surface area contributed by atoms with Crippen LogP contribution in [0.25, 0.3) is 21.8 Å². The molecule has 1 heterocycles. The Morgan fingerprint density at radius 2 is 1.62 bits per heavy atom. The van der Waals surface area contributed by atoms with Gasteiger partial charge in [0.05, 0.1) is 11.3 Å². The SMILES string of the molecule is NC(N)=Nc1ccc(C(=O)Oc2ccc3[nH]c4ccccc4c3c2)cc1. The zero-order chi connectivity index (χ0) is 18.1. The molecule has 0 unspecified atom stereocenters. The van der Waals surface area contributed by atoms with Crippen molar-refractivity contribution < 1.29 is 9.53 Å². The number of carbonyl (C=O) groups excluding carboxylic acids is 1. The first kappa shape index (κ1) is 15.7. The van der Waals surface area contributed by atoms with Crippen molar-refractivity contribution in [2.24, 2.45) is 16.5 Å². The molecule has 4 aromatic rings.